The van der Waals surface area contributed by atoms with Crippen molar-refractivity contribution in [2.45, 2.75) is 14.0 Å². The van der Waals surface area contributed by atoms with Crippen molar-refractivity contribution in [1.29, 1.82) is 0 Å². The van der Waals surface area contributed by atoms with Crippen molar-refractivity contribution in [2.75, 3.05) is 0 Å². The van der Waals surface area contributed by atoms with Crippen LogP contribution in [0.2, 0.25) is 0 Å². The quantitative estimate of drug-likeness (QED) is 0.416. The Labute approximate surface area is 189 Å². The molecule has 0 fully saturated rings. The predicted octanol–water partition coefficient (Wildman–Crippen LogP) is 3.25. The van der Waals surface area contributed by atoms with E-state index in [4.69, 9.17) is 4.98 Å². The highest BCUT2D eigenvalue weighted by atomic mass is 15.4. The molecule has 0 bridgehead atoms. The molecule has 33 heavy (non-hydrogen) atoms. The van der Waals surface area contributed by atoms with E-state index in [9.17, 15) is 0 Å². The Balaban J connectivity index is 0.00000228. The maximum Gasteiger partial charge on any atom is 0.221 e. The minimum absolute atomic E-state index is 0. The van der Waals surface area contributed by atoms with Crippen molar-refractivity contribution < 1.29 is 0 Å². The van der Waals surface area contributed by atoms with Gasteiger partial charge in [0, 0.05) is 54.8 Å². The van der Waals surface area contributed by atoms with Gasteiger partial charge in [-0.2, -0.15) is 10.2 Å². The van der Waals surface area contributed by atoms with Gasteiger partial charge in [-0.05, 0) is 23.8 Å². The number of nitrogens with zero attached hydrogens (tertiary/aromatic N) is 10. The summed E-state index contributed by atoms with van der Waals surface area (Å²) in [4.78, 5) is 13.7. The third-order valence-corrected chi connectivity index (χ3v) is 5.34. The van der Waals surface area contributed by atoms with Crippen LogP contribution in [-0.2, 0) is 20.6 Å². The molecule has 10 heteroatoms. The monoisotopic (exact) mass is 438 g/mol. The molecule has 0 aliphatic heterocycles. The average Bonchev–Trinajstić information content (AvgIpc) is 3.53. The molecule has 1 aromatic carbocycles. The van der Waals surface area contributed by atoms with E-state index in [2.05, 4.69) is 42.6 Å². The summed E-state index contributed by atoms with van der Waals surface area (Å²) in [7, 11) is 3.77. The topological polar surface area (TPSA) is 105 Å². The van der Waals surface area contributed by atoms with Gasteiger partial charge in [0.15, 0.2) is 5.65 Å². The molecular formula is C23H22N10. The summed E-state index contributed by atoms with van der Waals surface area (Å²) in [6.07, 6.45) is 11.1. The van der Waals surface area contributed by atoms with Crippen LogP contribution in [0.25, 0.3) is 44.6 Å². The lowest BCUT2D eigenvalue weighted by Crippen LogP contribution is -2.03. The zero-order chi connectivity index (χ0) is 21.7. The van der Waals surface area contributed by atoms with Crippen molar-refractivity contribution in [3.63, 3.8) is 0 Å². The van der Waals surface area contributed by atoms with E-state index in [0.717, 1.165) is 38.9 Å². The van der Waals surface area contributed by atoms with Gasteiger partial charge in [-0.3, -0.25) is 14.3 Å². The van der Waals surface area contributed by atoms with Crippen LogP contribution < -0.4 is 0 Å². The second-order valence-electron chi connectivity index (χ2n) is 7.71. The second kappa shape index (κ2) is 7.90. The first-order valence-corrected chi connectivity index (χ1v) is 10.1. The summed E-state index contributed by atoms with van der Waals surface area (Å²) in [5.74, 6) is 0. The first-order valence-electron chi connectivity index (χ1n) is 10.1. The summed E-state index contributed by atoms with van der Waals surface area (Å²) in [5.41, 5.74) is 6.85. The van der Waals surface area contributed by atoms with E-state index in [-0.39, 0.29) is 7.43 Å². The minimum Gasteiger partial charge on any atom is -0.275 e. The van der Waals surface area contributed by atoms with Gasteiger partial charge in [0.25, 0.3) is 0 Å². The number of fused-ring (bicyclic) bond motifs is 2. The molecule has 0 saturated carbocycles. The molecule has 0 amide bonds. The van der Waals surface area contributed by atoms with E-state index in [0.29, 0.717) is 17.8 Å². The number of aryl methyl sites for hydroxylation is 2. The molecule has 5 heterocycles. The zero-order valence-corrected chi connectivity index (χ0v) is 17.5. The van der Waals surface area contributed by atoms with Crippen molar-refractivity contribution in [1.82, 2.24) is 49.5 Å². The van der Waals surface area contributed by atoms with Crippen LogP contribution in [0, 0.1) is 0 Å². The van der Waals surface area contributed by atoms with Gasteiger partial charge in [-0.25, -0.2) is 14.6 Å². The first kappa shape index (κ1) is 20.4. The highest BCUT2D eigenvalue weighted by Gasteiger charge is 2.12. The van der Waals surface area contributed by atoms with Crippen LogP contribution in [-0.4, -0.2) is 49.5 Å². The smallest absolute Gasteiger partial charge is 0.221 e. The van der Waals surface area contributed by atoms with Crippen LogP contribution in [0.1, 0.15) is 13.0 Å². The molecule has 0 aliphatic carbocycles. The number of pyridine rings is 1. The minimum atomic E-state index is 0. The average molecular weight is 438 g/mol. The maximum absolute atomic E-state index is 4.73. The normalized spacial score (nSPS) is 11.2. The first-order chi connectivity index (χ1) is 15.6. The van der Waals surface area contributed by atoms with Gasteiger partial charge in [0.2, 0.25) is 5.65 Å². The molecule has 0 atom stereocenters. The Bertz CT molecular complexity index is 1590. The van der Waals surface area contributed by atoms with Gasteiger partial charge in [-0.15, -0.1) is 5.10 Å². The molecule has 0 N–H and O–H groups in total. The lowest BCUT2D eigenvalue weighted by molar-refractivity contribution is 0.664. The molecule has 10 nitrogen and oxygen atoms in total. The molecular weight excluding hydrogens is 416 g/mol. The largest absolute Gasteiger partial charge is 0.275 e. The lowest BCUT2D eigenvalue weighted by Gasteiger charge is -2.06. The molecule has 164 valence electrons. The van der Waals surface area contributed by atoms with Crippen LogP contribution >= 0.6 is 0 Å². The molecule has 0 aliphatic rings. The van der Waals surface area contributed by atoms with Gasteiger partial charge in [-0.1, -0.05) is 18.7 Å². The van der Waals surface area contributed by atoms with Crippen molar-refractivity contribution >= 4 is 22.2 Å². The van der Waals surface area contributed by atoms with Crippen LogP contribution in [0.15, 0.2) is 61.4 Å². The number of hydrogen-bond donors (Lipinski definition) is 0. The van der Waals surface area contributed by atoms with Gasteiger partial charge >= 0.3 is 0 Å². The summed E-state index contributed by atoms with van der Waals surface area (Å²) >= 11 is 0. The summed E-state index contributed by atoms with van der Waals surface area (Å²) < 4.78 is 5.29. The van der Waals surface area contributed by atoms with Crippen LogP contribution in [0.5, 0.6) is 0 Å². The van der Waals surface area contributed by atoms with Crippen molar-refractivity contribution in [3.8, 4) is 22.4 Å². The highest BCUT2D eigenvalue weighted by molar-refractivity contribution is 5.84. The Morgan fingerprint density at radius 3 is 2.36 bits per heavy atom. The Hall–Kier alpha value is -4.47. The highest BCUT2D eigenvalue weighted by Crippen LogP contribution is 2.24. The fourth-order valence-electron chi connectivity index (χ4n) is 3.73. The Morgan fingerprint density at radius 1 is 0.818 bits per heavy atom. The summed E-state index contributed by atoms with van der Waals surface area (Å²) in [6.45, 7) is 0.523. The number of aromatic nitrogens is 10. The zero-order valence-electron chi connectivity index (χ0n) is 17.5. The van der Waals surface area contributed by atoms with E-state index in [1.807, 2.05) is 51.0 Å². The standard InChI is InChI=1S/C22H18N10.CH4/c1-30-12-17(8-25-30)16-6-15-5-14(3-4-19(15)23-7-16)11-32-22-21(28-29-32)24-10-20(27-22)18-9-26-31(2)13-18;/h3-10,12-13H,11H2,1-2H3;1H4. The molecule has 0 spiro atoms. The second-order valence-corrected chi connectivity index (χ2v) is 7.71. The molecule has 5 aromatic heterocycles. The van der Waals surface area contributed by atoms with Gasteiger partial charge in [0.05, 0.1) is 36.3 Å². The SMILES string of the molecule is C.Cn1cc(-c2cnc3ccc(Cn4nnc5ncc(-c6cnn(C)c6)nc54)cc3c2)cn1. The van der Waals surface area contributed by atoms with Gasteiger partial charge in [0.1, 0.15) is 0 Å². The lowest BCUT2D eigenvalue weighted by atomic mass is 10.1. The molecule has 6 rings (SSSR count). The molecule has 0 unspecified atom stereocenters. The van der Waals surface area contributed by atoms with Crippen molar-refractivity contribution in [3.05, 3.63) is 67.0 Å². The number of benzene rings is 1. The van der Waals surface area contributed by atoms with Gasteiger partial charge < -0.3 is 0 Å². The third-order valence-electron chi connectivity index (χ3n) is 5.34. The number of rotatable bonds is 4. The molecule has 0 saturated heterocycles. The fourth-order valence-corrected chi connectivity index (χ4v) is 3.73. The molecule has 6 aromatic rings. The Morgan fingerprint density at radius 2 is 1.61 bits per heavy atom. The summed E-state index contributed by atoms with van der Waals surface area (Å²) in [5, 5.41) is 18.0. The van der Waals surface area contributed by atoms with Crippen LogP contribution in [0.3, 0.4) is 0 Å². The number of hydrogen-bond acceptors (Lipinski definition) is 7. The Kier molecular flexibility index (Phi) is 4.89. The molecule has 0 radical (unpaired) electrons. The van der Waals surface area contributed by atoms with E-state index < -0.39 is 0 Å². The van der Waals surface area contributed by atoms with E-state index >= 15 is 0 Å². The summed E-state index contributed by atoms with van der Waals surface area (Å²) in [6, 6.07) is 8.31. The van der Waals surface area contributed by atoms with Crippen LogP contribution in [0.4, 0.5) is 0 Å². The fraction of sp³-hybridized carbons (Fsp3) is 0.174. The maximum atomic E-state index is 4.73. The van der Waals surface area contributed by atoms with Crippen molar-refractivity contribution in [2.24, 2.45) is 14.1 Å². The van der Waals surface area contributed by atoms with E-state index in [1.165, 1.54) is 0 Å². The third kappa shape index (κ3) is 3.71. The predicted molar refractivity (Wildman–Crippen MR) is 125 cm³/mol. The van der Waals surface area contributed by atoms with E-state index in [1.54, 1.807) is 26.4 Å².